The molecule has 0 aliphatic heterocycles. The number of methoxy groups -OCH3 is 1. The van der Waals surface area contributed by atoms with E-state index in [-0.39, 0.29) is 5.60 Å². The minimum Gasteiger partial charge on any atom is -0.399 e. The Bertz CT molecular complexity index is 663. The monoisotopic (exact) mass is 327 g/mol. The molecule has 3 rings (SSSR count). The van der Waals surface area contributed by atoms with Crippen LogP contribution in [0.1, 0.15) is 19.3 Å². The maximum atomic E-state index is 6.25. The van der Waals surface area contributed by atoms with Crippen molar-refractivity contribution in [3.63, 3.8) is 0 Å². The normalized spacial score (nSPS) is 16.7. The molecule has 1 saturated carbocycles. The molecule has 1 aliphatic rings. The molecule has 0 radical (unpaired) electrons. The zero-order valence-electron chi connectivity index (χ0n) is 11.5. The molecular weight excluding hydrogens is 313 g/mol. The standard InChI is InChI=1S/C13H15Cl2N5O/c1-21-13(3-2-4-13)7-20-12(17-18-19-20)9-5-8(16)6-10(14)11(9)15/h5-6H,2-4,7,16H2,1H3. The number of hydrogen-bond donors (Lipinski definition) is 1. The van der Waals surface area contributed by atoms with E-state index >= 15 is 0 Å². The van der Waals surface area contributed by atoms with Crippen molar-refractivity contribution >= 4 is 28.9 Å². The number of benzene rings is 1. The fourth-order valence-electron chi connectivity index (χ4n) is 2.55. The van der Waals surface area contributed by atoms with Gasteiger partial charge in [0.2, 0.25) is 0 Å². The molecule has 0 saturated heterocycles. The van der Waals surface area contributed by atoms with Gasteiger partial charge in [-0.15, -0.1) is 5.10 Å². The average molecular weight is 328 g/mol. The molecule has 8 heteroatoms. The molecule has 0 unspecified atom stereocenters. The molecule has 2 N–H and O–H groups in total. The Morgan fingerprint density at radius 3 is 2.76 bits per heavy atom. The minimum absolute atomic E-state index is 0.194. The first-order chi connectivity index (χ1) is 10.0. The van der Waals surface area contributed by atoms with Crippen molar-refractivity contribution in [2.75, 3.05) is 12.8 Å². The van der Waals surface area contributed by atoms with Gasteiger partial charge in [0.05, 0.1) is 22.2 Å². The second kappa shape index (κ2) is 5.44. The zero-order chi connectivity index (χ0) is 15.0. The summed E-state index contributed by atoms with van der Waals surface area (Å²) in [4.78, 5) is 0. The lowest BCUT2D eigenvalue weighted by Gasteiger charge is -2.40. The molecule has 6 nitrogen and oxygen atoms in total. The van der Waals surface area contributed by atoms with Crippen molar-refractivity contribution in [2.45, 2.75) is 31.4 Å². The Hall–Kier alpha value is -1.37. The highest BCUT2D eigenvalue weighted by Crippen LogP contribution is 2.38. The van der Waals surface area contributed by atoms with E-state index in [0.717, 1.165) is 19.3 Å². The van der Waals surface area contributed by atoms with Gasteiger partial charge in [0, 0.05) is 18.4 Å². The number of halogens is 2. The predicted molar refractivity (Wildman–Crippen MR) is 81.3 cm³/mol. The van der Waals surface area contributed by atoms with Crippen LogP contribution in [0.2, 0.25) is 10.0 Å². The van der Waals surface area contributed by atoms with Crippen molar-refractivity contribution in [1.82, 2.24) is 20.2 Å². The molecule has 1 heterocycles. The number of rotatable bonds is 4. The lowest BCUT2D eigenvalue weighted by molar-refractivity contribution is -0.0855. The second-order valence-corrected chi connectivity index (χ2v) is 6.05. The Morgan fingerprint density at radius 1 is 1.38 bits per heavy atom. The summed E-state index contributed by atoms with van der Waals surface area (Å²) in [7, 11) is 1.72. The fraction of sp³-hybridized carbons (Fsp3) is 0.462. The smallest absolute Gasteiger partial charge is 0.183 e. The largest absolute Gasteiger partial charge is 0.399 e. The van der Waals surface area contributed by atoms with Crippen molar-refractivity contribution in [3.05, 3.63) is 22.2 Å². The van der Waals surface area contributed by atoms with Crippen LogP contribution in [0.15, 0.2) is 12.1 Å². The van der Waals surface area contributed by atoms with Gasteiger partial charge in [-0.3, -0.25) is 0 Å². The number of nitrogens with zero attached hydrogens (tertiary/aromatic N) is 4. The summed E-state index contributed by atoms with van der Waals surface area (Å²) in [6, 6.07) is 3.32. The topological polar surface area (TPSA) is 78.8 Å². The van der Waals surface area contributed by atoms with E-state index in [2.05, 4.69) is 15.5 Å². The summed E-state index contributed by atoms with van der Waals surface area (Å²) in [5.74, 6) is 0.539. The maximum Gasteiger partial charge on any atom is 0.183 e. The van der Waals surface area contributed by atoms with E-state index in [1.165, 1.54) is 0 Å². The van der Waals surface area contributed by atoms with Crippen molar-refractivity contribution < 1.29 is 4.74 Å². The minimum atomic E-state index is -0.194. The zero-order valence-corrected chi connectivity index (χ0v) is 13.0. The lowest BCUT2D eigenvalue weighted by Crippen LogP contribution is -2.43. The molecule has 1 aliphatic carbocycles. The van der Waals surface area contributed by atoms with Crippen molar-refractivity contribution in [1.29, 1.82) is 0 Å². The van der Waals surface area contributed by atoms with Crippen LogP contribution in [0.5, 0.6) is 0 Å². The summed E-state index contributed by atoms with van der Waals surface area (Å²) >= 11 is 12.3. The molecule has 112 valence electrons. The number of hydrogen-bond acceptors (Lipinski definition) is 5. The maximum absolute atomic E-state index is 6.25. The molecule has 21 heavy (non-hydrogen) atoms. The SMILES string of the molecule is COC1(Cn2nnnc2-c2cc(N)cc(Cl)c2Cl)CCC1. The van der Waals surface area contributed by atoms with Gasteiger partial charge in [-0.2, -0.15) is 0 Å². The highest BCUT2D eigenvalue weighted by Gasteiger charge is 2.38. The first-order valence-electron chi connectivity index (χ1n) is 6.61. The molecule has 0 amide bonds. The van der Waals surface area contributed by atoms with E-state index in [4.69, 9.17) is 33.7 Å². The van der Waals surface area contributed by atoms with Gasteiger partial charge in [-0.25, -0.2) is 4.68 Å². The quantitative estimate of drug-likeness (QED) is 0.873. The number of tetrazole rings is 1. The van der Waals surface area contributed by atoms with E-state index in [1.807, 2.05) is 0 Å². The highest BCUT2D eigenvalue weighted by molar-refractivity contribution is 6.43. The number of ether oxygens (including phenoxy) is 1. The highest BCUT2D eigenvalue weighted by atomic mass is 35.5. The van der Waals surface area contributed by atoms with Gasteiger partial charge < -0.3 is 10.5 Å². The van der Waals surface area contributed by atoms with Crippen LogP contribution in [0, 0.1) is 0 Å². The molecule has 1 aromatic carbocycles. The Balaban J connectivity index is 1.99. The lowest BCUT2D eigenvalue weighted by atomic mass is 9.80. The fourth-order valence-corrected chi connectivity index (χ4v) is 2.97. The molecule has 1 aromatic heterocycles. The third kappa shape index (κ3) is 2.59. The van der Waals surface area contributed by atoms with Crippen LogP contribution in [0.4, 0.5) is 5.69 Å². The van der Waals surface area contributed by atoms with Crippen LogP contribution in [0.3, 0.4) is 0 Å². The summed E-state index contributed by atoms with van der Waals surface area (Å²) in [6.07, 6.45) is 3.14. The van der Waals surface area contributed by atoms with E-state index in [1.54, 1.807) is 23.9 Å². The van der Waals surface area contributed by atoms with E-state index in [9.17, 15) is 0 Å². The van der Waals surface area contributed by atoms with Crippen molar-refractivity contribution in [3.8, 4) is 11.4 Å². The van der Waals surface area contributed by atoms with E-state index < -0.39 is 0 Å². The summed E-state index contributed by atoms with van der Waals surface area (Å²) in [5, 5.41) is 12.6. The van der Waals surface area contributed by atoms with Crippen LogP contribution in [-0.4, -0.2) is 32.9 Å². The predicted octanol–water partition coefficient (Wildman–Crippen LogP) is 2.80. The second-order valence-electron chi connectivity index (χ2n) is 5.27. The molecule has 0 spiro atoms. The molecular formula is C13H15Cl2N5O. The average Bonchev–Trinajstić information content (AvgIpc) is 2.86. The third-order valence-corrected chi connectivity index (χ3v) is 4.76. The summed E-state index contributed by atoms with van der Waals surface area (Å²) < 4.78 is 7.31. The van der Waals surface area contributed by atoms with Crippen LogP contribution >= 0.6 is 23.2 Å². The van der Waals surface area contributed by atoms with Crippen LogP contribution < -0.4 is 5.73 Å². The Morgan fingerprint density at radius 2 is 2.14 bits per heavy atom. The summed E-state index contributed by atoms with van der Waals surface area (Å²) in [6.45, 7) is 0.578. The van der Waals surface area contributed by atoms with Gasteiger partial charge in [-0.1, -0.05) is 23.2 Å². The molecule has 0 atom stereocenters. The molecule has 2 aromatic rings. The van der Waals surface area contributed by atoms with Gasteiger partial charge in [0.25, 0.3) is 0 Å². The third-order valence-electron chi connectivity index (χ3n) is 3.96. The van der Waals surface area contributed by atoms with Gasteiger partial charge in [-0.05, 0) is 41.8 Å². The van der Waals surface area contributed by atoms with Gasteiger partial charge >= 0.3 is 0 Å². The van der Waals surface area contributed by atoms with Crippen LogP contribution in [-0.2, 0) is 11.3 Å². The number of aromatic nitrogens is 4. The Kier molecular flexibility index (Phi) is 3.77. The van der Waals surface area contributed by atoms with Crippen molar-refractivity contribution in [2.24, 2.45) is 0 Å². The molecule has 0 bridgehead atoms. The van der Waals surface area contributed by atoms with Crippen LogP contribution in [0.25, 0.3) is 11.4 Å². The number of nitrogen functional groups attached to an aromatic ring is 1. The number of nitrogens with two attached hydrogens (primary N) is 1. The Labute approximate surface area is 132 Å². The summed E-state index contributed by atoms with van der Waals surface area (Å²) in [5.41, 5.74) is 6.77. The van der Waals surface area contributed by atoms with Gasteiger partial charge in [0.15, 0.2) is 5.82 Å². The first kappa shape index (κ1) is 14.6. The first-order valence-corrected chi connectivity index (χ1v) is 7.36. The van der Waals surface area contributed by atoms with Gasteiger partial charge in [0.1, 0.15) is 0 Å². The number of anilines is 1. The van der Waals surface area contributed by atoms with E-state index in [0.29, 0.717) is 33.7 Å². The molecule has 1 fully saturated rings.